The van der Waals surface area contributed by atoms with E-state index in [1.54, 1.807) is 0 Å². The van der Waals surface area contributed by atoms with E-state index in [0.29, 0.717) is 5.92 Å². The van der Waals surface area contributed by atoms with Gasteiger partial charge in [0.15, 0.2) is 0 Å². The molecule has 1 N–H and O–H groups in total. The van der Waals surface area contributed by atoms with E-state index >= 15 is 0 Å². The van der Waals surface area contributed by atoms with Crippen LogP contribution >= 0.6 is 0 Å². The van der Waals surface area contributed by atoms with Crippen molar-refractivity contribution in [3.8, 4) is 0 Å². The highest BCUT2D eigenvalue weighted by Gasteiger charge is 2.46. The minimum absolute atomic E-state index is 0.112. The summed E-state index contributed by atoms with van der Waals surface area (Å²) < 4.78 is 0. The Hall–Kier alpha value is -1.39. The van der Waals surface area contributed by atoms with E-state index in [0.717, 1.165) is 17.7 Å². The molecule has 4 amide bonds. The van der Waals surface area contributed by atoms with Gasteiger partial charge >= 0.3 is 17.8 Å². The minimum atomic E-state index is -0.799. The molecule has 0 aromatic heterocycles. The van der Waals surface area contributed by atoms with Gasteiger partial charge < -0.3 is 0 Å². The van der Waals surface area contributed by atoms with Gasteiger partial charge in [0.2, 0.25) is 0 Å². The van der Waals surface area contributed by atoms with Gasteiger partial charge in [-0.3, -0.25) is 19.8 Å². The van der Waals surface area contributed by atoms with Crippen molar-refractivity contribution in [2.75, 3.05) is 0 Å². The summed E-state index contributed by atoms with van der Waals surface area (Å²) in [6, 6.07) is -0.671. The molecule has 2 rings (SSSR count). The van der Waals surface area contributed by atoms with Crippen molar-refractivity contribution in [3.63, 3.8) is 0 Å². The summed E-state index contributed by atoms with van der Waals surface area (Å²) in [5.74, 6) is -0.741. The van der Waals surface area contributed by atoms with Crippen LogP contribution in [0.4, 0.5) is 4.79 Å². The lowest BCUT2D eigenvalue weighted by atomic mass is 9.97. The molecule has 2 aliphatic rings. The zero-order valence-corrected chi connectivity index (χ0v) is 8.82. The number of nitrogens with one attached hydrogen (secondary N) is 1. The number of nitrogens with zero attached hydrogens (tertiary/aromatic N) is 1. The van der Waals surface area contributed by atoms with Gasteiger partial charge in [0, 0.05) is 6.04 Å². The lowest BCUT2D eigenvalue weighted by molar-refractivity contribution is -0.141. The Balaban J connectivity index is 2.21. The lowest BCUT2D eigenvalue weighted by Gasteiger charge is -2.25. The normalized spacial score (nSPS) is 36.3. The fraction of sp³-hybridized carbons (Fsp3) is 0.700. The average molecular weight is 210 g/mol. The van der Waals surface area contributed by atoms with E-state index in [1.807, 2.05) is 12.2 Å². The topological polar surface area (TPSA) is 66.5 Å². The molecule has 0 aromatic carbocycles. The fourth-order valence-electron chi connectivity index (χ4n) is 2.42. The number of rotatable bonds is 1. The molecule has 1 saturated heterocycles. The maximum absolute atomic E-state index is 11.4. The Kier molecular flexibility index (Phi) is 2.25. The van der Waals surface area contributed by atoms with Crippen LogP contribution in [0.2, 0.25) is 0 Å². The van der Waals surface area contributed by atoms with E-state index in [9.17, 15) is 14.4 Å². The average Bonchev–Trinajstić information content (AvgIpc) is 2.60. The molecule has 1 aliphatic heterocycles. The quantitative estimate of drug-likeness (QED) is 0.506. The van der Waals surface area contributed by atoms with Gasteiger partial charge in [-0.15, -0.1) is 0 Å². The molecule has 3 unspecified atom stereocenters. The molecule has 5 nitrogen and oxygen atoms in total. The second-order valence-corrected chi connectivity index (χ2v) is 4.42. The molecule has 0 bridgehead atoms. The van der Waals surface area contributed by atoms with Crippen molar-refractivity contribution in [2.24, 2.45) is 11.8 Å². The van der Waals surface area contributed by atoms with Crippen molar-refractivity contribution in [1.29, 1.82) is 0 Å². The molecular weight excluding hydrogens is 196 g/mol. The van der Waals surface area contributed by atoms with Crippen LogP contribution in [-0.4, -0.2) is 28.8 Å². The molecule has 1 heterocycles. The Morgan fingerprint density at radius 2 is 1.87 bits per heavy atom. The summed E-state index contributed by atoms with van der Waals surface area (Å²) >= 11 is 0. The summed E-state index contributed by atoms with van der Waals surface area (Å²) in [5.41, 5.74) is 0. The number of urea groups is 1. The Labute approximate surface area is 87.8 Å². The number of hydrogen-bond acceptors (Lipinski definition) is 3. The number of hydrogen-bond donors (Lipinski definition) is 1. The third kappa shape index (κ3) is 1.42. The van der Waals surface area contributed by atoms with Crippen molar-refractivity contribution < 1.29 is 14.4 Å². The van der Waals surface area contributed by atoms with Gasteiger partial charge in [0.05, 0.1) is 0 Å². The molecular formula is C10H14N2O3. The standard InChI is InChI=1S/C10H14N2O3/c1-5-3-4-7(6(5)2)12-9(14)8(13)11-10(12)15/h5-7H,3-4H2,1-2H3,(H,11,13,15). The molecule has 1 saturated carbocycles. The molecule has 0 radical (unpaired) electrons. The first kappa shape index (κ1) is 10.1. The van der Waals surface area contributed by atoms with Crippen LogP contribution in [0.15, 0.2) is 0 Å². The largest absolute Gasteiger partial charge is 0.331 e. The Bertz CT molecular complexity index is 340. The molecule has 0 aromatic rings. The van der Waals surface area contributed by atoms with Gasteiger partial charge in [-0.05, 0) is 24.7 Å². The highest BCUT2D eigenvalue weighted by molar-refractivity contribution is 6.44. The van der Waals surface area contributed by atoms with Crippen molar-refractivity contribution in [1.82, 2.24) is 10.2 Å². The summed E-state index contributed by atoms with van der Waals surface area (Å²) in [6.45, 7) is 4.12. The summed E-state index contributed by atoms with van der Waals surface area (Å²) in [5, 5.41) is 2.03. The number of carbonyl (C=O) groups is 3. The van der Waals surface area contributed by atoms with Crippen molar-refractivity contribution in [3.05, 3.63) is 0 Å². The number of amides is 4. The zero-order chi connectivity index (χ0) is 11.2. The van der Waals surface area contributed by atoms with E-state index < -0.39 is 17.8 Å². The van der Waals surface area contributed by atoms with Crippen molar-refractivity contribution >= 4 is 17.8 Å². The Morgan fingerprint density at radius 3 is 2.27 bits per heavy atom. The molecule has 0 spiro atoms. The third-order valence-electron chi connectivity index (χ3n) is 3.61. The van der Waals surface area contributed by atoms with Gasteiger partial charge in [-0.25, -0.2) is 4.79 Å². The van der Waals surface area contributed by atoms with E-state index in [1.165, 1.54) is 0 Å². The molecule has 2 fully saturated rings. The first-order valence-electron chi connectivity index (χ1n) is 5.21. The molecule has 1 aliphatic carbocycles. The maximum Gasteiger partial charge on any atom is 0.331 e. The van der Waals surface area contributed by atoms with Gasteiger partial charge in [-0.2, -0.15) is 0 Å². The highest BCUT2D eigenvalue weighted by atomic mass is 16.2. The predicted octanol–water partition coefficient (Wildman–Crippen LogP) is 0.499. The SMILES string of the molecule is CC1CCC(N2C(=O)NC(=O)C2=O)C1C. The van der Waals surface area contributed by atoms with Gasteiger partial charge in [-0.1, -0.05) is 13.8 Å². The second kappa shape index (κ2) is 3.32. The van der Waals surface area contributed by atoms with Gasteiger partial charge in [0.1, 0.15) is 0 Å². The lowest BCUT2D eigenvalue weighted by Crippen LogP contribution is -2.42. The van der Waals surface area contributed by atoms with Crippen LogP contribution in [0.5, 0.6) is 0 Å². The fourth-order valence-corrected chi connectivity index (χ4v) is 2.42. The first-order valence-corrected chi connectivity index (χ1v) is 5.21. The van der Waals surface area contributed by atoms with E-state index in [-0.39, 0.29) is 12.0 Å². The van der Waals surface area contributed by atoms with Crippen molar-refractivity contribution in [2.45, 2.75) is 32.7 Å². The van der Waals surface area contributed by atoms with Crippen LogP contribution in [-0.2, 0) is 9.59 Å². The second-order valence-electron chi connectivity index (χ2n) is 4.42. The highest BCUT2D eigenvalue weighted by Crippen LogP contribution is 2.35. The van der Waals surface area contributed by atoms with Gasteiger partial charge in [0.25, 0.3) is 0 Å². The minimum Gasteiger partial charge on any atom is -0.269 e. The third-order valence-corrected chi connectivity index (χ3v) is 3.61. The van der Waals surface area contributed by atoms with Crippen LogP contribution in [0.1, 0.15) is 26.7 Å². The zero-order valence-electron chi connectivity index (χ0n) is 8.82. The molecule has 82 valence electrons. The first-order chi connectivity index (χ1) is 7.02. The number of carbonyl (C=O) groups excluding carboxylic acids is 3. The summed E-state index contributed by atoms with van der Waals surface area (Å²) in [6.07, 6.45) is 1.80. The van der Waals surface area contributed by atoms with Crippen LogP contribution in [0.25, 0.3) is 0 Å². The summed E-state index contributed by atoms with van der Waals surface area (Å²) in [4.78, 5) is 35.0. The smallest absolute Gasteiger partial charge is 0.269 e. The predicted molar refractivity (Wildman–Crippen MR) is 51.7 cm³/mol. The summed E-state index contributed by atoms with van der Waals surface area (Å²) in [7, 11) is 0. The van der Waals surface area contributed by atoms with Crippen LogP contribution in [0, 0.1) is 11.8 Å². The number of imide groups is 2. The Morgan fingerprint density at radius 1 is 1.20 bits per heavy atom. The van der Waals surface area contributed by atoms with E-state index in [2.05, 4.69) is 6.92 Å². The molecule has 5 heteroatoms. The maximum atomic E-state index is 11.4. The molecule has 3 atom stereocenters. The van der Waals surface area contributed by atoms with Crippen LogP contribution < -0.4 is 5.32 Å². The molecule has 15 heavy (non-hydrogen) atoms. The van der Waals surface area contributed by atoms with E-state index in [4.69, 9.17) is 0 Å². The monoisotopic (exact) mass is 210 g/mol. The van der Waals surface area contributed by atoms with Crippen LogP contribution in [0.3, 0.4) is 0 Å².